The maximum Gasteiger partial charge on any atom is 0.357 e. The number of likely N-dealkylation sites (tertiary alicyclic amines) is 1. The van der Waals surface area contributed by atoms with Crippen LogP contribution in [0.4, 0.5) is 0 Å². The minimum absolute atomic E-state index is 0.127. The highest BCUT2D eigenvalue weighted by molar-refractivity contribution is 5.82. The van der Waals surface area contributed by atoms with Crippen LogP contribution < -0.4 is 4.74 Å². The van der Waals surface area contributed by atoms with Crippen molar-refractivity contribution in [3.05, 3.63) is 76.6 Å². The topological polar surface area (TPSA) is 106 Å². The highest BCUT2D eigenvalue weighted by Crippen LogP contribution is 2.64. The number of ether oxygens (including phenoxy) is 3. The van der Waals surface area contributed by atoms with Crippen molar-refractivity contribution in [1.82, 2.24) is 4.90 Å². The first-order valence-electron chi connectivity index (χ1n) is 13.2. The van der Waals surface area contributed by atoms with Gasteiger partial charge in [0.25, 0.3) is 0 Å². The SMILES string of the molecule is CC(C)C(=O)O[C@H](C(=O)OC1=CC[C@@]2(O)[C@H]3Cc4ccc(CO)c5c4[C@@]2(CCN3C)[C@H]1O5)c1ccccc1. The summed E-state index contributed by atoms with van der Waals surface area (Å²) in [5.41, 5.74) is 1.21. The van der Waals surface area contributed by atoms with Crippen molar-refractivity contribution in [2.45, 2.75) is 69.0 Å². The zero-order valence-electron chi connectivity index (χ0n) is 21.8. The molecule has 0 amide bonds. The van der Waals surface area contributed by atoms with Gasteiger partial charge in [0.05, 0.1) is 23.5 Å². The van der Waals surface area contributed by atoms with E-state index in [4.69, 9.17) is 14.2 Å². The molecule has 6 rings (SSSR count). The van der Waals surface area contributed by atoms with E-state index in [0.29, 0.717) is 35.5 Å². The van der Waals surface area contributed by atoms with Gasteiger partial charge in [0.15, 0.2) is 6.10 Å². The number of hydrogen-bond donors (Lipinski definition) is 2. The average Bonchev–Trinajstić information content (AvgIpc) is 3.27. The van der Waals surface area contributed by atoms with E-state index in [1.54, 1.807) is 44.2 Å². The number of aliphatic hydroxyl groups is 2. The fourth-order valence-electron chi connectivity index (χ4n) is 6.93. The molecule has 4 aliphatic rings. The Labute approximate surface area is 221 Å². The number of aliphatic hydroxyl groups excluding tert-OH is 1. The number of carbonyl (C=O) groups excluding carboxylic acids is 2. The van der Waals surface area contributed by atoms with Gasteiger partial charge in [-0.1, -0.05) is 56.3 Å². The van der Waals surface area contributed by atoms with Gasteiger partial charge >= 0.3 is 11.9 Å². The number of carbonyl (C=O) groups is 2. The molecule has 0 unspecified atom stereocenters. The van der Waals surface area contributed by atoms with Crippen LogP contribution in [0.15, 0.2) is 54.3 Å². The Balaban J connectivity index is 1.40. The van der Waals surface area contributed by atoms with Crippen molar-refractivity contribution in [2.75, 3.05) is 13.6 Å². The van der Waals surface area contributed by atoms with Crippen molar-refractivity contribution in [3.8, 4) is 5.75 Å². The van der Waals surface area contributed by atoms with Crippen molar-refractivity contribution in [1.29, 1.82) is 0 Å². The molecule has 2 aromatic carbocycles. The molecule has 200 valence electrons. The van der Waals surface area contributed by atoms with Crippen LogP contribution in [0, 0.1) is 5.92 Å². The molecule has 2 aliphatic heterocycles. The molecule has 2 aromatic rings. The maximum atomic E-state index is 13.6. The fourth-order valence-corrected chi connectivity index (χ4v) is 6.93. The number of likely N-dealkylation sites (N-methyl/N-ethyl adjacent to an activating group) is 1. The van der Waals surface area contributed by atoms with Gasteiger partial charge in [0, 0.05) is 29.2 Å². The van der Waals surface area contributed by atoms with Gasteiger partial charge < -0.3 is 29.3 Å². The molecule has 8 heteroatoms. The Bertz CT molecular complexity index is 1320. The molecule has 2 bridgehead atoms. The van der Waals surface area contributed by atoms with E-state index in [-0.39, 0.29) is 19.1 Å². The molecule has 1 saturated heterocycles. The van der Waals surface area contributed by atoms with Gasteiger partial charge in [-0.25, -0.2) is 4.79 Å². The summed E-state index contributed by atoms with van der Waals surface area (Å²) in [6, 6.07) is 12.6. The van der Waals surface area contributed by atoms with E-state index in [0.717, 1.165) is 17.7 Å². The first-order chi connectivity index (χ1) is 18.2. The van der Waals surface area contributed by atoms with Crippen LogP contribution in [0.2, 0.25) is 0 Å². The predicted octanol–water partition coefficient (Wildman–Crippen LogP) is 2.94. The molecular weight excluding hydrogens is 486 g/mol. The second-order valence-corrected chi connectivity index (χ2v) is 11.2. The van der Waals surface area contributed by atoms with Gasteiger partial charge in [-0.15, -0.1) is 0 Å². The van der Waals surface area contributed by atoms with Crippen LogP contribution in [-0.2, 0) is 37.5 Å². The van der Waals surface area contributed by atoms with Crippen LogP contribution in [0.3, 0.4) is 0 Å². The van der Waals surface area contributed by atoms with Gasteiger partial charge in [-0.05, 0) is 38.1 Å². The first-order valence-corrected chi connectivity index (χ1v) is 13.2. The summed E-state index contributed by atoms with van der Waals surface area (Å²) in [6.07, 6.45) is 1.32. The van der Waals surface area contributed by atoms with Crippen molar-refractivity contribution < 1.29 is 34.0 Å². The van der Waals surface area contributed by atoms with Crippen LogP contribution in [0.1, 0.15) is 55.0 Å². The molecule has 8 nitrogen and oxygen atoms in total. The summed E-state index contributed by atoms with van der Waals surface area (Å²) in [4.78, 5) is 28.3. The molecule has 1 spiro atoms. The third kappa shape index (κ3) is 3.40. The number of piperidine rings is 1. The molecule has 38 heavy (non-hydrogen) atoms. The molecule has 5 atom stereocenters. The Morgan fingerprint density at radius 3 is 2.63 bits per heavy atom. The molecule has 2 heterocycles. The lowest BCUT2D eigenvalue weighted by atomic mass is 9.50. The Hall–Kier alpha value is -3.20. The molecule has 2 N–H and O–H groups in total. The summed E-state index contributed by atoms with van der Waals surface area (Å²) < 4.78 is 18.1. The number of rotatable bonds is 6. The van der Waals surface area contributed by atoms with Crippen LogP contribution >= 0.6 is 0 Å². The first kappa shape index (κ1) is 25.1. The van der Waals surface area contributed by atoms with E-state index in [1.807, 2.05) is 25.2 Å². The van der Waals surface area contributed by atoms with Crippen molar-refractivity contribution >= 4 is 11.9 Å². The summed E-state index contributed by atoms with van der Waals surface area (Å²) >= 11 is 0. The average molecular weight is 520 g/mol. The van der Waals surface area contributed by atoms with E-state index < -0.39 is 41.1 Å². The predicted molar refractivity (Wildman–Crippen MR) is 137 cm³/mol. The number of nitrogens with zero attached hydrogens (tertiary/aromatic N) is 1. The normalized spacial score (nSPS) is 29.7. The minimum Gasteiger partial charge on any atom is -0.481 e. The van der Waals surface area contributed by atoms with E-state index in [2.05, 4.69) is 4.90 Å². The lowest BCUT2D eigenvalue weighted by Gasteiger charge is -2.61. The number of hydrogen-bond acceptors (Lipinski definition) is 8. The molecule has 0 saturated carbocycles. The number of benzene rings is 2. The summed E-state index contributed by atoms with van der Waals surface area (Å²) in [6.45, 7) is 3.96. The summed E-state index contributed by atoms with van der Waals surface area (Å²) in [5, 5.41) is 22.4. The fraction of sp³-hybridized carbons (Fsp3) is 0.467. The zero-order valence-corrected chi connectivity index (χ0v) is 21.8. The summed E-state index contributed by atoms with van der Waals surface area (Å²) in [7, 11) is 2.03. The Morgan fingerprint density at radius 2 is 1.92 bits per heavy atom. The van der Waals surface area contributed by atoms with Crippen molar-refractivity contribution in [2.24, 2.45) is 5.92 Å². The lowest BCUT2D eigenvalue weighted by Crippen LogP contribution is -2.74. The monoisotopic (exact) mass is 519 g/mol. The second kappa shape index (κ2) is 8.93. The smallest absolute Gasteiger partial charge is 0.357 e. The van der Waals surface area contributed by atoms with Gasteiger partial charge in [-0.3, -0.25) is 4.79 Å². The van der Waals surface area contributed by atoms with Crippen molar-refractivity contribution in [3.63, 3.8) is 0 Å². The quantitative estimate of drug-likeness (QED) is 0.562. The van der Waals surface area contributed by atoms with Crippen LogP contribution in [-0.4, -0.2) is 58.4 Å². The molecular formula is C30H33NO7. The number of esters is 2. The Morgan fingerprint density at radius 1 is 1.16 bits per heavy atom. The molecule has 1 fully saturated rings. The van der Waals surface area contributed by atoms with Gasteiger partial charge in [-0.2, -0.15) is 0 Å². The summed E-state index contributed by atoms with van der Waals surface area (Å²) in [5.74, 6) is -0.768. The zero-order chi connectivity index (χ0) is 26.8. The lowest BCUT2D eigenvalue weighted by molar-refractivity contribution is -0.177. The van der Waals surface area contributed by atoms with E-state index >= 15 is 0 Å². The second-order valence-electron chi connectivity index (χ2n) is 11.2. The maximum absolute atomic E-state index is 13.6. The van der Waals surface area contributed by atoms with E-state index in [9.17, 15) is 19.8 Å². The largest absolute Gasteiger partial charge is 0.481 e. The molecule has 2 aliphatic carbocycles. The van der Waals surface area contributed by atoms with Gasteiger partial charge in [0.2, 0.25) is 6.10 Å². The van der Waals surface area contributed by atoms with Gasteiger partial charge in [0.1, 0.15) is 11.5 Å². The third-order valence-corrected chi connectivity index (χ3v) is 8.87. The Kier molecular flexibility index (Phi) is 5.90. The van der Waals surface area contributed by atoms with Crippen LogP contribution in [0.25, 0.3) is 0 Å². The third-order valence-electron chi connectivity index (χ3n) is 8.87. The highest BCUT2D eigenvalue weighted by atomic mass is 16.6. The van der Waals surface area contributed by atoms with Crippen LogP contribution in [0.5, 0.6) is 5.75 Å². The molecule has 0 radical (unpaired) electrons. The standard InChI is InChI=1S/C30H33NO7/c1-17(2)27(33)38-25(18-7-5-4-6-8-18)28(34)36-21-11-12-30(35)22-15-19-9-10-20(16-32)24-23(19)29(30,26(21)37-24)13-14-31(22)3/h4-11,17,22,25-26,32,35H,12-16H2,1-3H3/t22-,25+,26+,29+,30-/m1/s1. The molecule has 0 aromatic heterocycles. The van der Waals surface area contributed by atoms with E-state index in [1.165, 1.54) is 0 Å². The highest BCUT2D eigenvalue weighted by Gasteiger charge is 2.72. The minimum atomic E-state index is -1.24.